The van der Waals surface area contributed by atoms with Crippen LogP contribution in [0.3, 0.4) is 0 Å². The van der Waals surface area contributed by atoms with Gasteiger partial charge in [0.2, 0.25) is 0 Å². The zero-order valence-corrected chi connectivity index (χ0v) is 12.9. The standard InChI is InChI=1S/C15H21N5O3/c21-14(17-11-12-5-3-10-23-12)16-7-4-9-20-15(22)19-8-2-1-6-13(19)18-20/h1-2,6,8,12H,3-5,7,9-11H2,(H2,16,17,21)/t12-/m1/s1. The fourth-order valence-corrected chi connectivity index (χ4v) is 2.62. The molecule has 3 rings (SSSR count). The van der Waals surface area contributed by atoms with E-state index in [2.05, 4.69) is 15.7 Å². The summed E-state index contributed by atoms with van der Waals surface area (Å²) in [5.41, 5.74) is 0.461. The summed E-state index contributed by atoms with van der Waals surface area (Å²) in [6.07, 6.45) is 4.52. The monoisotopic (exact) mass is 319 g/mol. The Kier molecular flexibility index (Phi) is 4.92. The van der Waals surface area contributed by atoms with Gasteiger partial charge in [-0.15, -0.1) is 5.10 Å². The van der Waals surface area contributed by atoms with Crippen molar-refractivity contribution in [1.29, 1.82) is 0 Å². The molecule has 1 aliphatic heterocycles. The summed E-state index contributed by atoms with van der Waals surface area (Å²) in [6, 6.07) is 5.21. The molecule has 0 radical (unpaired) electrons. The Bertz CT molecular complexity index is 717. The van der Waals surface area contributed by atoms with Crippen molar-refractivity contribution in [2.75, 3.05) is 19.7 Å². The van der Waals surface area contributed by atoms with Crippen molar-refractivity contribution in [3.05, 3.63) is 34.9 Å². The van der Waals surface area contributed by atoms with Crippen molar-refractivity contribution in [3.8, 4) is 0 Å². The number of rotatable bonds is 6. The van der Waals surface area contributed by atoms with E-state index in [-0.39, 0.29) is 17.8 Å². The van der Waals surface area contributed by atoms with Crippen LogP contribution in [0.2, 0.25) is 0 Å². The molecule has 2 N–H and O–H groups in total. The van der Waals surface area contributed by atoms with Crippen LogP contribution in [0, 0.1) is 0 Å². The molecule has 2 aromatic heterocycles. The topological polar surface area (TPSA) is 89.7 Å². The predicted molar refractivity (Wildman–Crippen MR) is 84.4 cm³/mol. The molecule has 1 aliphatic rings. The van der Waals surface area contributed by atoms with Crippen LogP contribution in [0.25, 0.3) is 5.65 Å². The van der Waals surface area contributed by atoms with E-state index in [1.807, 2.05) is 6.07 Å². The molecular formula is C15H21N5O3. The minimum atomic E-state index is -0.206. The van der Waals surface area contributed by atoms with E-state index in [0.717, 1.165) is 19.4 Å². The molecule has 0 bridgehead atoms. The van der Waals surface area contributed by atoms with Crippen LogP contribution in [-0.4, -0.2) is 46.0 Å². The Labute approximate surface area is 133 Å². The summed E-state index contributed by atoms with van der Waals surface area (Å²) in [4.78, 5) is 23.7. The molecule has 0 spiro atoms. The normalized spacial score (nSPS) is 17.5. The fourth-order valence-electron chi connectivity index (χ4n) is 2.62. The zero-order chi connectivity index (χ0) is 16.1. The number of ether oxygens (including phenoxy) is 1. The Morgan fingerprint density at radius 3 is 3.09 bits per heavy atom. The average molecular weight is 319 g/mol. The maximum atomic E-state index is 12.1. The van der Waals surface area contributed by atoms with E-state index >= 15 is 0 Å². The highest BCUT2D eigenvalue weighted by Crippen LogP contribution is 2.10. The molecule has 0 saturated carbocycles. The number of hydrogen-bond acceptors (Lipinski definition) is 4. The van der Waals surface area contributed by atoms with Crippen molar-refractivity contribution in [1.82, 2.24) is 24.8 Å². The number of pyridine rings is 1. The summed E-state index contributed by atoms with van der Waals surface area (Å²) in [5, 5.41) is 9.81. The van der Waals surface area contributed by atoms with Crippen LogP contribution in [0.1, 0.15) is 19.3 Å². The van der Waals surface area contributed by atoms with Crippen LogP contribution in [0.15, 0.2) is 29.2 Å². The fraction of sp³-hybridized carbons (Fsp3) is 0.533. The van der Waals surface area contributed by atoms with Crippen LogP contribution >= 0.6 is 0 Å². The number of nitrogens with one attached hydrogen (secondary N) is 2. The second-order valence-corrected chi connectivity index (χ2v) is 5.56. The number of carbonyl (C=O) groups is 1. The lowest BCUT2D eigenvalue weighted by Gasteiger charge is -2.11. The third-order valence-corrected chi connectivity index (χ3v) is 3.83. The highest BCUT2D eigenvalue weighted by atomic mass is 16.5. The van der Waals surface area contributed by atoms with Gasteiger partial charge in [-0.05, 0) is 31.4 Å². The van der Waals surface area contributed by atoms with Gasteiger partial charge in [-0.3, -0.25) is 4.40 Å². The molecule has 8 nitrogen and oxygen atoms in total. The van der Waals surface area contributed by atoms with Crippen LogP contribution < -0.4 is 16.3 Å². The van der Waals surface area contributed by atoms with E-state index in [4.69, 9.17) is 4.74 Å². The second-order valence-electron chi connectivity index (χ2n) is 5.56. The summed E-state index contributed by atoms with van der Waals surface area (Å²) in [6.45, 7) is 2.27. The first kappa shape index (κ1) is 15.5. The number of fused-ring (bicyclic) bond motifs is 1. The Morgan fingerprint density at radius 2 is 2.30 bits per heavy atom. The summed E-state index contributed by atoms with van der Waals surface area (Å²) in [7, 11) is 0. The van der Waals surface area contributed by atoms with Crippen molar-refractivity contribution >= 4 is 11.7 Å². The summed E-state index contributed by atoms with van der Waals surface area (Å²) >= 11 is 0. The third kappa shape index (κ3) is 3.89. The largest absolute Gasteiger partial charge is 0.376 e. The Hall–Kier alpha value is -2.35. The average Bonchev–Trinajstić information content (AvgIpc) is 3.19. The molecule has 2 amide bonds. The van der Waals surface area contributed by atoms with E-state index in [0.29, 0.717) is 31.7 Å². The number of hydrogen-bond donors (Lipinski definition) is 2. The van der Waals surface area contributed by atoms with Gasteiger partial charge in [0, 0.05) is 32.4 Å². The molecule has 124 valence electrons. The molecule has 1 atom stereocenters. The molecule has 1 fully saturated rings. The lowest BCUT2D eigenvalue weighted by molar-refractivity contribution is 0.111. The van der Waals surface area contributed by atoms with E-state index in [1.54, 1.807) is 18.3 Å². The maximum Gasteiger partial charge on any atom is 0.350 e. The van der Waals surface area contributed by atoms with Gasteiger partial charge in [0.1, 0.15) is 0 Å². The first-order valence-electron chi connectivity index (χ1n) is 7.91. The van der Waals surface area contributed by atoms with Gasteiger partial charge < -0.3 is 15.4 Å². The number of aromatic nitrogens is 3. The first-order chi connectivity index (χ1) is 11.2. The van der Waals surface area contributed by atoms with Gasteiger partial charge in [0.25, 0.3) is 0 Å². The maximum absolute atomic E-state index is 12.1. The van der Waals surface area contributed by atoms with Gasteiger partial charge in [0.05, 0.1) is 6.10 Å². The Morgan fingerprint density at radius 1 is 1.39 bits per heavy atom. The Balaban J connectivity index is 1.39. The second kappa shape index (κ2) is 7.28. The number of amides is 2. The molecule has 0 aromatic carbocycles. The van der Waals surface area contributed by atoms with Gasteiger partial charge in [-0.1, -0.05) is 6.07 Å². The minimum absolute atomic E-state index is 0.136. The zero-order valence-electron chi connectivity index (χ0n) is 12.9. The van der Waals surface area contributed by atoms with Crippen molar-refractivity contribution < 1.29 is 9.53 Å². The highest BCUT2D eigenvalue weighted by molar-refractivity contribution is 5.73. The number of urea groups is 1. The minimum Gasteiger partial charge on any atom is -0.376 e. The molecule has 2 aromatic rings. The SMILES string of the molecule is O=C(NCCCn1nc2ccccn2c1=O)NC[C@H]1CCCO1. The summed E-state index contributed by atoms with van der Waals surface area (Å²) in [5.74, 6) is 0. The lowest BCUT2D eigenvalue weighted by Crippen LogP contribution is -2.40. The smallest absolute Gasteiger partial charge is 0.350 e. The lowest BCUT2D eigenvalue weighted by atomic mass is 10.2. The molecule has 1 saturated heterocycles. The van der Waals surface area contributed by atoms with Gasteiger partial charge >= 0.3 is 11.7 Å². The molecule has 23 heavy (non-hydrogen) atoms. The van der Waals surface area contributed by atoms with E-state index in [9.17, 15) is 9.59 Å². The van der Waals surface area contributed by atoms with E-state index < -0.39 is 0 Å². The van der Waals surface area contributed by atoms with E-state index in [1.165, 1.54) is 9.08 Å². The summed E-state index contributed by atoms with van der Waals surface area (Å²) < 4.78 is 8.36. The molecule has 0 unspecified atom stereocenters. The number of nitrogens with zero attached hydrogens (tertiary/aromatic N) is 3. The van der Waals surface area contributed by atoms with Crippen molar-refractivity contribution in [2.24, 2.45) is 0 Å². The molecular weight excluding hydrogens is 298 g/mol. The molecule has 0 aliphatic carbocycles. The number of aryl methyl sites for hydroxylation is 1. The van der Waals surface area contributed by atoms with Gasteiger partial charge in [0.15, 0.2) is 5.65 Å². The quantitative estimate of drug-likeness (QED) is 0.753. The van der Waals surface area contributed by atoms with Crippen LogP contribution in [0.5, 0.6) is 0 Å². The third-order valence-electron chi connectivity index (χ3n) is 3.83. The first-order valence-corrected chi connectivity index (χ1v) is 7.91. The van der Waals surface area contributed by atoms with Crippen LogP contribution in [-0.2, 0) is 11.3 Å². The highest BCUT2D eigenvalue weighted by Gasteiger charge is 2.15. The van der Waals surface area contributed by atoms with Crippen LogP contribution in [0.4, 0.5) is 4.79 Å². The van der Waals surface area contributed by atoms with Crippen molar-refractivity contribution in [3.63, 3.8) is 0 Å². The van der Waals surface area contributed by atoms with Crippen molar-refractivity contribution in [2.45, 2.75) is 31.9 Å². The molecule has 8 heteroatoms. The van der Waals surface area contributed by atoms with Gasteiger partial charge in [-0.25, -0.2) is 14.3 Å². The predicted octanol–water partition coefficient (Wildman–Crippen LogP) is 0.364. The molecule has 3 heterocycles. The van der Waals surface area contributed by atoms with Gasteiger partial charge in [-0.2, -0.15) is 0 Å². The number of carbonyl (C=O) groups excluding carboxylic acids is 1.